The third-order valence-corrected chi connectivity index (χ3v) is 5.56. The fraction of sp³-hybridized carbons (Fsp3) is 0.429. The Morgan fingerprint density at radius 3 is 2.29 bits per heavy atom. The summed E-state index contributed by atoms with van der Waals surface area (Å²) in [5, 5.41) is 5.90. The van der Waals surface area contributed by atoms with E-state index >= 15 is 0 Å². The van der Waals surface area contributed by atoms with Crippen LogP contribution in [0.15, 0.2) is 42.5 Å². The average Bonchev–Trinajstić information content (AvgIpc) is 2.97. The van der Waals surface area contributed by atoms with Crippen LogP contribution >= 0.6 is 0 Å². The van der Waals surface area contributed by atoms with Gasteiger partial charge in [-0.2, -0.15) is 28.1 Å². The van der Waals surface area contributed by atoms with E-state index in [4.69, 9.17) is 18.9 Å². The maximum atomic E-state index is 12.8. The largest absolute Gasteiger partial charge is 0.494 e. The van der Waals surface area contributed by atoms with Crippen LogP contribution in [0, 0.1) is 0 Å². The van der Waals surface area contributed by atoms with Gasteiger partial charge in [0, 0.05) is 18.3 Å². The number of fused-ring (bicyclic) bond motifs is 10. The van der Waals surface area contributed by atoms with Gasteiger partial charge >= 0.3 is 18.2 Å². The molecule has 13 heteroatoms. The molecule has 0 radical (unpaired) electrons. The summed E-state index contributed by atoms with van der Waals surface area (Å²) in [5.41, 5.74) is 1.53. The Hall–Kier alpha value is -4.29. The molecule has 2 aromatic carbocycles. The average molecular weight is 578 g/mol. The van der Waals surface area contributed by atoms with Gasteiger partial charge in [0.25, 0.3) is 0 Å². The molecule has 41 heavy (non-hydrogen) atoms. The topological polar surface area (TPSA) is 117 Å². The van der Waals surface area contributed by atoms with Gasteiger partial charge < -0.3 is 29.6 Å². The van der Waals surface area contributed by atoms with Crippen LogP contribution in [0.1, 0.15) is 55.5 Å². The number of rotatable bonds is 3. The number of nitrogens with one attached hydrogen (secondary N) is 2. The first-order chi connectivity index (χ1) is 19.8. The number of halogens is 3. The molecule has 222 valence electrons. The van der Waals surface area contributed by atoms with Gasteiger partial charge in [-0.25, -0.2) is 4.79 Å². The number of methoxy groups -OCH3 is 1. The van der Waals surface area contributed by atoms with E-state index in [1.807, 2.05) is 38.1 Å². The third kappa shape index (κ3) is 10.3. The highest BCUT2D eigenvalue weighted by atomic mass is 19.4. The zero-order chi connectivity index (χ0) is 29.7. The van der Waals surface area contributed by atoms with Gasteiger partial charge in [0.15, 0.2) is 6.61 Å². The minimum absolute atomic E-state index is 0.00135. The molecule has 0 saturated carbocycles. The molecule has 0 spiro atoms. The molecular formula is C28H34F3N5O5. The predicted molar refractivity (Wildman–Crippen MR) is 147 cm³/mol. The number of carbonyl (C=O) groups is 1. The van der Waals surface area contributed by atoms with Gasteiger partial charge in [-0.1, -0.05) is 26.0 Å². The molecule has 3 aromatic rings. The zero-order valence-electron chi connectivity index (χ0n) is 23.2. The lowest BCUT2D eigenvalue weighted by atomic mass is 10.1. The van der Waals surface area contributed by atoms with Gasteiger partial charge in [-0.15, -0.1) is 0 Å². The summed E-state index contributed by atoms with van der Waals surface area (Å²) in [5.74, 6) is 0.371. The van der Waals surface area contributed by atoms with Gasteiger partial charge in [-0.05, 0) is 55.5 Å². The third-order valence-electron chi connectivity index (χ3n) is 5.56. The van der Waals surface area contributed by atoms with Crippen molar-refractivity contribution in [3.05, 3.63) is 53.6 Å². The molecule has 5 rings (SSSR count). The van der Waals surface area contributed by atoms with Crippen LogP contribution in [0.2, 0.25) is 0 Å². The Bertz CT molecular complexity index is 1260. The van der Waals surface area contributed by atoms with Crippen LogP contribution in [0.4, 0.5) is 30.8 Å². The summed E-state index contributed by atoms with van der Waals surface area (Å²) in [6.07, 6.45) is -1.07. The Balaban J connectivity index is 0.00000226. The summed E-state index contributed by atoms with van der Waals surface area (Å²) in [6.45, 7) is 3.66. The lowest BCUT2D eigenvalue weighted by molar-refractivity contribution is -0.154. The Labute approximate surface area is 236 Å². The number of hydrogen-bond donors (Lipinski definition) is 2. The Morgan fingerprint density at radius 1 is 0.927 bits per heavy atom. The van der Waals surface area contributed by atoms with E-state index in [1.165, 1.54) is 13.2 Å². The quantitative estimate of drug-likeness (QED) is 0.343. The van der Waals surface area contributed by atoms with Crippen molar-refractivity contribution in [1.82, 2.24) is 15.0 Å². The van der Waals surface area contributed by atoms with Crippen LogP contribution in [0.25, 0.3) is 0 Å². The molecule has 0 unspecified atom stereocenters. The molecule has 0 fully saturated rings. The molecule has 0 saturated heterocycles. The second-order valence-corrected chi connectivity index (χ2v) is 8.61. The Morgan fingerprint density at radius 2 is 1.61 bits per heavy atom. The molecule has 2 aliphatic rings. The predicted octanol–water partition coefficient (Wildman–Crippen LogP) is 6.31. The van der Waals surface area contributed by atoms with Crippen molar-refractivity contribution in [2.75, 3.05) is 37.6 Å². The van der Waals surface area contributed by atoms with Crippen LogP contribution < -0.4 is 24.8 Å². The molecule has 1 aromatic heterocycles. The fourth-order valence-corrected chi connectivity index (χ4v) is 3.64. The maximum absolute atomic E-state index is 12.8. The van der Waals surface area contributed by atoms with Crippen molar-refractivity contribution in [1.29, 1.82) is 0 Å². The lowest BCUT2D eigenvalue weighted by Gasteiger charge is -2.14. The summed E-state index contributed by atoms with van der Waals surface area (Å²) in [6, 6.07) is 11.6. The highest BCUT2D eigenvalue weighted by Gasteiger charge is 2.29. The van der Waals surface area contributed by atoms with Crippen molar-refractivity contribution in [2.45, 2.75) is 52.3 Å². The number of hydrogen-bond acceptors (Lipinski definition) is 10. The summed E-state index contributed by atoms with van der Waals surface area (Å²) >= 11 is 0. The van der Waals surface area contributed by atoms with Crippen molar-refractivity contribution in [3.63, 3.8) is 0 Å². The highest BCUT2D eigenvalue weighted by Crippen LogP contribution is 2.27. The van der Waals surface area contributed by atoms with E-state index < -0.39 is 24.8 Å². The lowest BCUT2D eigenvalue weighted by Crippen LogP contribution is -2.21. The van der Waals surface area contributed by atoms with Gasteiger partial charge in [-0.3, -0.25) is 0 Å². The van der Waals surface area contributed by atoms with Crippen LogP contribution in [0.5, 0.6) is 17.5 Å². The summed E-state index contributed by atoms with van der Waals surface area (Å²) < 4.78 is 59.6. The normalized spacial score (nSPS) is 13.9. The number of esters is 1. The first-order valence-corrected chi connectivity index (χ1v) is 13.3. The Kier molecular flexibility index (Phi) is 11.8. The number of ether oxygens (including phenoxy) is 4. The van der Waals surface area contributed by atoms with E-state index in [9.17, 15) is 18.0 Å². The number of carbonyl (C=O) groups excluding carboxylic acids is 1. The maximum Gasteiger partial charge on any atom is 0.422 e. The van der Waals surface area contributed by atoms with E-state index in [0.29, 0.717) is 18.9 Å². The SMILES string of the molecule is CC.COC(=O)c1ccc2cc1OCCCCCCOc1ccc(cc1)CNc1nc(nc(OCC(F)(F)F)n1)N2. The van der Waals surface area contributed by atoms with Gasteiger partial charge in [0.05, 0.1) is 20.3 Å². The van der Waals surface area contributed by atoms with E-state index in [-0.39, 0.29) is 29.8 Å². The van der Waals surface area contributed by atoms with Gasteiger partial charge in [0.1, 0.15) is 17.1 Å². The van der Waals surface area contributed by atoms with E-state index in [1.54, 1.807) is 12.1 Å². The van der Waals surface area contributed by atoms with Crippen molar-refractivity contribution >= 4 is 23.6 Å². The van der Waals surface area contributed by atoms with Crippen LogP contribution in [0.3, 0.4) is 0 Å². The molecule has 2 N–H and O–H groups in total. The van der Waals surface area contributed by atoms with Gasteiger partial charge in [0.2, 0.25) is 11.9 Å². The number of anilines is 3. The minimum atomic E-state index is -4.57. The van der Waals surface area contributed by atoms with Crippen molar-refractivity contribution < 1.29 is 36.9 Å². The smallest absolute Gasteiger partial charge is 0.422 e. The van der Waals surface area contributed by atoms with E-state index in [0.717, 1.165) is 37.0 Å². The fourth-order valence-electron chi connectivity index (χ4n) is 3.64. The second kappa shape index (κ2) is 15.5. The molecule has 0 atom stereocenters. The minimum Gasteiger partial charge on any atom is -0.494 e. The molecule has 3 heterocycles. The number of alkyl halides is 3. The molecular weight excluding hydrogens is 543 g/mol. The molecule has 10 nitrogen and oxygen atoms in total. The molecule has 2 aliphatic heterocycles. The number of aromatic nitrogens is 3. The molecule has 6 bridgehead atoms. The van der Waals surface area contributed by atoms with Crippen LogP contribution in [-0.4, -0.2) is 54.0 Å². The number of benzene rings is 2. The van der Waals surface area contributed by atoms with Crippen molar-refractivity contribution in [3.8, 4) is 17.5 Å². The first-order valence-electron chi connectivity index (χ1n) is 13.3. The first kappa shape index (κ1) is 31.2. The second-order valence-electron chi connectivity index (χ2n) is 8.61. The standard InChI is InChI=1S/C26H28F3N5O5.C2H6/c1-36-22(35)20-11-8-18-14-21(20)38-13-5-3-2-4-12-37-19-9-6-17(7-10-19)15-30-23-32-24(31-18)34-25(33-23)39-16-26(27,28)29;1-2/h6-11,14H,2-5,12-13,15-16H2,1H3,(H2,30,31,32,33,34);1-2H3. The molecule has 0 aliphatic carbocycles. The van der Waals surface area contributed by atoms with Crippen LogP contribution in [-0.2, 0) is 11.3 Å². The highest BCUT2D eigenvalue weighted by molar-refractivity contribution is 5.93. The number of nitrogens with zero attached hydrogens (tertiary/aromatic N) is 3. The summed E-state index contributed by atoms with van der Waals surface area (Å²) in [7, 11) is 1.27. The zero-order valence-corrected chi connectivity index (χ0v) is 23.2. The van der Waals surface area contributed by atoms with Crippen molar-refractivity contribution in [2.24, 2.45) is 0 Å². The summed E-state index contributed by atoms with van der Waals surface area (Å²) in [4.78, 5) is 24.4. The van der Waals surface area contributed by atoms with E-state index in [2.05, 4.69) is 25.6 Å². The molecule has 0 amide bonds. The monoisotopic (exact) mass is 577 g/mol.